The van der Waals surface area contributed by atoms with Gasteiger partial charge in [0.05, 0.1) is 12.1 Å². The molecule has 0 fully saturated rings. The summed E-state index contributed by atoms with van der Waals surface area (Å²) in [6.45, 7) is 7.08. The molecule has 128 valence electrons. The molecule has 3 atom stereocenters. The van der Waals surface area contributed by atoms with Gasteiger partial charge in [-0.2, -0.15) is 13.2 Å². The predicted octanol–water partition coefficient (Wildman–Crippen LogP) is 4.17. The number of nitrogens with one attached hydrogen (secondary N) is 1. The zero-order valence-corrected chi connectivity index (χ0v) is 13.3. The van der Waals surface area contributed by atoms with Gasteiger partial charge in [0, 0.05) is 0 Å². The summed E-state index contributed by atoms with van der Waals surface area (Å²) in [5.74, 6) is -1.97. The molecular formula is C17H22F3NO2. The van der Waals surface area contributed by atoms with Crippen molar-refractivity contribution < 1.29 is 22.7 Å². The number of carbonyl (C=O) groups is 1. The lowest BCUT2D eigenvalue weighted by atomic mass is 10.0. The number of carbonyl (C=O) groups excluding carboxylic acids is 1. The van der Waals surface area contributed by atoms with Gasteiger partial charge in [-0.25, -0.2) is 0 Å². The lowest BCUT2D eigenvalue weighted by molar-refractivity contribution is -0.175. The van der Waals surface area contributed by atoms with Gasteiger partial charge in [0.15, 0.2) is 0 Å². The van der Waals surface area contributed by atoms with E-state index >= 15 is 0 Å². The normalized spacial score (nSPS) is 15.5. The van der Waals surface area contributed by atoms with Gasteiger partial charge in [0.1, 0.15) is 6.10 Å². The lowest BCUT2D eigenvalue weighted by Crippen LogP contribution is -2.45. The van der Waals surface area contributed by atoms with E-state index in [0.717, 1.165) is 0 Å². The number of ether oxygens (including phenoxy) is 1. The third-order valence-electron chi connectivity index (χ3n) is 3.42. The molecule has 0 aliphatic heterocycles. The van der Waals surface area contributed by atoms with Crippen LogP contribution in [0.2, 0.25) is 0 Å². The number of rotatable bonds is 8. The van der Waals surface area contributed by atoms with Gasteiger partial charge < -0.3 is 10.1 Å². The first-order valence-electron chi connectivity index (χ1n) is 7.48. The first kappa shape index (κ1) is 19.2. The van der Waals surface area contributed by atoms with Crippen molar-refractivity contribution in [1.29, 1.82) is 0 Å². The van der Waals surface area contributed by atoms with Crippen LogP contribution in [0.3, 0.4) is 0 Å². The van der Waals surface area contributed by atoms with E-state index in [0.29, 0.717) is 18.4 Å². The molecule has 1 N–H and O–H groups in total. The van der Waals surface area contributed by atoms with Crippen molar-refractivity contribution in [3.05, 3.63) is 48.6 Å². The Labute approximate surface area is 134 Å². The topological polar surface area (TPSA) is 38.3 Å². The minimum Gasteiger partial charge on any atom is -0.368 e. The van der Waals surface area contributed by atoms with Crippen LogP contribution >= 0.6 is 0 Å². The summed E-state index contributed by atoms with van der Waals surface area (Å²) >= 11 is 0. The summed E-state index contributed by atoms with van der Waals surface area (Å²) in [6, 6.07) is 8.06. The summed E-state index contributed by atoms with van der Waals surface area (Å²) in [7, 11) is 0. The van der Waals surface area contributed by atoms with E-state index in [-0.39, 0.29) is 6.10 Å². The van der Waals surface area contributed by atoms with Gasteiger partial charge in [-0.1, -0.05) is 43.3 Å². The maximum absolute atomic E-state index is 12.5. The van der Waals surface area contributed by atoms with Crippen LogP contribution in [0.1, 0.15) is 38.4 Å². The van der Waals surface area contributed by atoms with E-state index < -0.39 is 24.2 Å². The minimum atomic E-state index is -4.92. The van der Waals surface area contributed by atoms with Crippen LogP contribution in [0, 0.1) is 0 Å². The van der Waals surface area contributed by atoms with Crippen LogP contribution in [-0.4, -0.2) is 24.2 Å². The Balaban J connectivity index is 2.95. The molecule has 1 aromatic rings. The smallest absolute Gasteiger partial charge is 0.368 e. The molecular weight excluding hydrogens is 307 g/mol. The van der Waals surface area contributed by atoms with Crippen molar-refractivity contribution >= 4 is 5.91 Å². The largest absolute Gasteiger partial charge is 0.471 e. The molecule has 0 heterocycles. The average molecular weight is 329 g/mol. The number of hydrogen-bond acceptors (Lipinski definition) is 2. The Kier molecular flexibility index (Phi) is 7.29. The molecule has 3 nitrogen and oxygen atoms in total. The highest BCUT2D eigenvalue weighted by Crippen LogP contribution is 2.26. The molecule has 0 bridgehead atoms. The van der Waals surface area contributed by atoms with Crippen LogP contribution in [0.15, 0.2) is 43.0 Å². The third-order valence-corrected chi connectivity index (χ3v) is 3.42. The third kappa shape index (κ3) is 6.06. The quantitative estimate of drug-likeness (QED) is 0.727. The van der Waals surface area contributed by atoms with Crippen molar-refractivity contribution in [2.45, 2.75) is 51.1 Å². The van der Waals surface area contributed by atoms with E-state index in [4.69, 9.17) is 4.74 Å². The van der Waals surface area contributed by atoms with Crippen LogP contribution in [-0.2, 0) is 9.53 Å². The highest BCUT2D eigenvalue weighted by molar-refractivity contribution is 5.81. The summed E-state index contributed by atoms with van der Waals surface area (Å²) in [4.78, 5) is 11.2. The Hall–Kier alpha value is -1.82. The van der Waals surface area contributed by atoms with Gasteiger partial charge in [0.2, 0.25) is 0 Å². The first-order chi connectivity index (χ1) is 10.8. The molecule has 0 saturated carbocycles. The van der Waals surface area contributed by atoms with Crippen LogP contribution < -0.4 is 5.32 Å². The number of hydrogen-bond donors (Lipinski definition) is 1. The zero-order chi connectivity index (χ0) is 17.5. The Morgan fingerprint density at radius 2 is 1.96 bits per heavy atom. The molecule has 1 aromatic carbocycles. The van der Waals surface area contributed by atoms with Crippen LogP contribution in [0.4, 0.5) is 13.2 Å². The van der Waals surface area contributed by atoms with Crippen molar-refractivity contribution in [1.82, 2.24) is 5.32 Å². The van der Waals surface area contributed by atoms with Crippen LogP contribution in [0.25, 0.3) is 0 Å². The molecule has 1 rings (SSSR count). The molecule has 0 aliphatic rings. The average Bonchev–Trinajstić information content (AvgIpc) is 2.51. The standard InChI is InChI=1S/C17H22F3NO2/c1-4-9-14(5-2)23-15(13-10-7-6-8-11-13)12(3)21-16(22)17(18,19)20/h4,6-8,10-12,14-15H,1,5,9H2,2-3H3,(H,21,22)/t12-,14-,15+/m1/s1. The number of amides is 1. The molecule has 0 spiro atoms. The molecule has 23 heavy (non-hydrogen) atoms. The van der Waals surface area contributed by atoms with Gasteiger partial charge >= 0.3 is 12.1 Å². The number of alkyl halides is 3. The maximum atomic E-state index is 12.5. The Morgan fingerprint density at radius 1 is 1.35 bits per heavy atom. The highest BCUT2D eigenvalue weighted by Gasteiger charge is 2.40. The molecule has 0 saturated heterocycles. The van der Waals surface area contributed by atoms with Crippen molar-refractivity contribution in [2.75, 3.05) is 0 Å². The Bertz CT molecular complexity index is 502. The predicted molar refractivity (Wildman–Crippen MR) is 82.8 cm³/mol. The fourth-order valence-corrected chi connectivity index (χ4v) is 2.20. The summed E-state index contributed by atoms with van der Waals surface area (Å²) < 4.78 is 43.3. The lowest BCUT2D eigenvalue weighted by Gasteiger charge is -2.29. The van der Waals surface area contributed by atoms with E-state index in [1.54, 1.807) is 36.4 Å². The van der Waals surface area contributed by atoms with Crippen molar-refractivity contribution in [2.24, 2.45) is 0 Å². The monoisotopic (exact) mass is 329 g/mol. The zero-order valence-electron chi connectivity index (χ0n) is 13.3. The van der Waals surface area contributed by atoms with E-state index in [2.05, 4.69) is 6.58 Å². The van der Waals surface area contributed by atoms with E-state index in [1.165, 1.54) is 6.92 Å². The minimum absolute atomic E-state index is 0.178. The van der Waals surface area contributed by atoms with E-state index in [9.17, 15) is 18.0 Å². The second kappa shape index (κ2) is 8.72. The molecule has 0 aliphatic carbocycles. The van der Waals surface area contributed by atoms with Gasteiger partial charge in [-0.15, -0.1) is 6.58 Å². The SMILES string of the molecule is C=CC[C@@H](CC)O[C@H](c1ccccc1)[C@@H](C)NC(=O)C(F)(F)F. The summed E-state index contributed by atoms with van der Waals surface area (Å²) in [5.41, 5.74) is 0.713. The van der Waals surface area contributed by atoms with Gasteiger partial charge in [-0.05, 0) is 25.3 Å². The second-order valence-electron chi connectivity index (χ2n) is 5.28. The van der Waals surface area contributed by atoms with E-state index in [1.807, 2.05) is 12.2 Å². The molecule has 1 amide bonds. The van der Waals surface area contributed by atoms with Gasteiger partial charge in [0.25, 0.3) is 0 Å². The molecule has 0 aromatic heterocycles. The Morgan fingerprint density at radius 3 is 2.43 bits per heavy atom. The van der Waals surface area contributed by atoms with Crippen molar-refractivity contribution in [3.8, 4) is 0 Å². The molecule has 0 unspecified atom stereocenters. The first-order valence-corrected chi connectivity index (χ1v) is 7.48. The fraction of sp³-hybridized carbons (Fsp3) is 0.471. The van der Waals surface area contributed by atoms with Crippen molar-refractivity contribution in [3.63, 3.8) is 0 Å². The summed E-state index contributed by atoms with van der Waals surface area (Å²) in [6.07, 6.45) is -2.79. The second-order valence-corrected chi connectivity index (χ2v) is 5.28. The summed E-state index contributed by atoms with van der Waals surface area (Å²) in [5, 5.41) is 1.98. The molecule has 6 heteroatoms. The number of halogens is 3. The highest BCUT2D eigenvalue weighted by atomic mass is 19.4. The van der Waals surface area contributed by atoms with Gasteiger partial charge in [-0.3, -0.25) is 4.79 Å². The number of benzene rings is 1. The maximum Gasteiger partial charge on any atom is 0.471 e. The van der Waals surface area contributed by atoms with Crippen LogP contribution in [0.5, 0.6) is 0 Å². The fourth-order valence-electron chi connectivity index (χ4n) is 2.20. The molecule has 0 radical (unpaired) electrons.